The highest BCUT2D eigenvalue weighted by Gasteiger charge is 2.23. The molecule has 5 heteroatoms. The van der Waals surface area contributed by atoms with Crippen molar-refractivity contribution in [3.8, 4) is 0 Å². The third kappa shape index (κ3) is 1.48. The third-order valence-electron chi connectivity index (χ3n) is 1.96. The summed E-state index contributed by atoms with van der Waals surface area (Å²) in [6, 6.07) is 1.41. The lowest BCUT2D eigenvalue weighted by Gasteiger charge is -1.99. The molecule has 0 aliphatic carbocycles. The molecule has 1 N–H and O–H groups in total. The molecule has 0 aromatic carbocycles. The molecule has 1 aliphatic rings. The third-order valence-corrected chi connectivity index (χ3v) is 1.96. The lowest BCUT2D eigenvalue weighted by molar-refractivity contribution is -0.119. The number of carbonyl (C=O) groups is 1. The maximum atomic E-state index is 11.2. The van der Waals surface area contributed by atoms with Gasteiger partial charge in [0.05, 0.1) is 0 Å². The van der Waals surface area contributed by atoms with Crippen LogP contribution < -0.4 is 5.32 Å². The molecule has 0 bridgehead atoms. The summed E-state index contributed by atoms with van der Waals surface area (Å²) in [6.45, 7) is 3.54. The molecule has 72 valence electrons. The number of hydrogen-bond acceptors (Lipinski definition) is 4. The lowest BCUT2D eigenvalue weighted by atomic mass is 10.3. The van der Waals surface area contributed by atoms with E-state index in [9.17, 15) is 4.79 Å². The van der Waals surface area contributed by atoms with E-state index in [1.54, 1.807) is 26.1 Å². The molecule has 1 unspecified atom stereocenters. The van der Waals surface area contributed by atoms with Gasteiger partial charge in [0.1, 0.15) is 17.6 Å². The van der Waals surface area contributed by atoms with Gasteiger partial charge in [-0.25, -0.2) is 9.97 Å². The smallest absolute Gasteiger partial charge is 0.250 e. The summed E-state index contributed by atoms with van der Waals surface area (Å²) in [6.07, 6.45) is 1.65. The molecular weight excluding hydrogens is 180 g/mol. The SMILES string of the molecule is Cc1nccc(C2=NC(C)C(=O)N2)n1. The summed E-state index contributed by atoms with van der Waals surface area (Å²) in [5, 5.41) is 2.67. The largest absolute Gasteiger partial charge is 0.307 e. The molecule has 0 radical (unpaired) electrons. The van der Waals surface area contributed by atoms with E-state index in [1.807, 2.05) is 0 Å². The van der Waals surface area contributed by atoms with Crippen molar-refractivity contribution >= 4 is 11.7 Å². The molecule has 2 rings (SSSR count). The Kier molecular flexibility index (Phi) is 1.99. The van der Waals surface area contributed by atoms with Crippen LogP contribution in [-0.4, -0.2) is 27.8 Å². The van der Waals surface area contributed by atoms with Crippen molar-refractivity contribution in [3.05, 3.63) is 23.8 Å². The van der Waals surface area contributed by atoms with Gasteiger partial charge in [-0.1, -0.05) is 0 Å². The van der Waals surface area contributed by atoms with Crippen molar-refractivity contribution in [1.29, 1.82) is 0 Å². The molecule has 1 aromatic rings. The fourth-order valence-corrected chi connectivity index (χ4v) is 1.22. The van der Waals surface area contributed by atoms with E-state index in [-0.39, 0.29) is 11.9 Å². The maximum absolute atomic E-state index is 11.2. The summed E-state index contributed by atoms with van der Waals surface area (Å²) < 4.78 is 0. The van der Waals surface area contributed by atoms with Crippen molar-refractivity contribution in [2.75, 3.05) is 0 Å². The molecular formula is C9H10N4O. The Bertz CT molecular complexity index is 413. The normalized spacial score (nSPS) is 20.6. The van der Waals surface area contributed by atoms with Crippen molar-refractivity contribution in [2.45, 2.75) is 19.9 Å². The minimum absolute atomic E-state index is 0.0868. The highest BCUT2D eigenvalue weighted by molar-refractivity contribution is 6.12. The molecule has 1 amide bonds. The van der Waals surface area contributed by atoms with Crippen LogP contribution in [0.25, 0.3) is 0 Å². The lowest BCUT2D eigenvalue weighted by Crippen LogP contribution is -2.28. The Morgan fingerprint density at radius 3 is 2.86 bits per heavy atom. The number of amides is 1. The number of aryl methyl sites for hydroxylation is 1. The van der Waals surface area contributed by atoms with Crippen LogP contribution in [0.15, 0.2) is 17.3 Å². The number of hydrogen-bond donors (Lipinski definition) is 1. The summed E-state index contributed by atoms with van der Waals surface area (Å²) in [5.74, 6) is 1.11. The van der Waals surface area contributed by atoms with Gasteiger partial charge >= 0.3 is 0 Å². The predicted molar refractivity (Wildman–Crippen MR) is 50.9 cm³/mol. The van der Waals surface area contributed by atoms with E-state index in [0.717, 1.165) is 0 Å². The van der Waals surface area contributed by atoms with Gasteiger partial charge in [0.15, 0.2) is 5.84 Å². The van der Waals surface area contributed by atoms with Crippen LogP contribution in [0.2, 0.25) is 0 Å². The maximum Gasteiger partial charge on any atom is 0.250 e. The number of nitrogens with zero attached hydrogens (tertiary/aromatic N) is 3. The van der Waals surface area contributed by atoms with Crippen molar-refractivity contribution in [1.82, 2.24) is 15.3 Å². The molecule has 0 fully saturated rings. The van der Waals surface area contributed by atoms with Gasteiger partial charge in [-0.3, -0.25) is 9.79 Å². The topological polar surface area (TPSA) is 67.2 Å². The molecule has 0 saturated heterocycles. The van der Waals surface area contributed by atoms with Gasteiger partial charge in [0.25, 0.3) is 0 Å². The van der Waals surface area contributed by atoms with Crippen LogP contribution in [-0.2, 0) is 4.79 Å². The van der Waals surface area contributed by atoms with E-state index >= 15 is 0 Å². The number of rotatable bonds is 1. The molecule has 1 atom stereocenters. The number of carbonyl (C=O) groups excluding carboxylic acids is 1. The summed E-state index contributed by atoms with van der Waals surface area (Å²) in [5.41, 5.74) is 0.662. The zero-order chi connectivity index (χ0) is 10.1. The van der Waals surface area contributed by atoms with E-state index in [1.165, 1.54) is 0 Å². The first-order valence-corrected chi connectivity index (χ1v) is 4.35. The Morgan fingerprint density at radius 1 is 1.50 bits per heavy atom. The summed E-state index contributed by atoms with van der Waals surface area (Å²) in [4.78, 5) is 23.5. The zero-order valence-corrected chi connectivity index (χ0v) is 7.98. The fraction of sp³-hybridized carbons (Fsp3) is 0.333. The minimum atomic E-state index is -0.319. The average molecular weight is 190 g/mol. The van der Waals surface area contributed by atoms with Crippen LogP contribution in [0.4, 0.5) is 0 Å². The second-order valence-corrected chi connectivity index (χ2v) is 3.13. The minimum Gasteiger partial charge on any atom is -0.307 e. The average Bonchev–Trinajstić information content (AvgIpc) is 2.47. The monoisotopic (exact) mass is 190 g/mol. The van der Waals surface area contributed by atoms with Gasteiger partial charge < -0.3 is 5.32 Å². The molecule has 2 heterocycles. The highest BCUT2D eigenvalue weighted by atomic mass is 16.2. The quantitative estimate of drug-likeness (QED) is 0.680. The number of nitrogens with one attached hydrogen (secondary N) is 1. The molecule has 14 heavy (non-hydrogen) atoms. The van der Waals surface area contributed by atoms with Gasteiger partial charge in [0, 0.05) is 6.20 Å². The summed E-state index contributed by atoms with van der Waals surface area (Å²) >= 11 is 0. The van der Waals surface area contributed by atoms with E-state index in [2.05, 4.69) is 20.3 Å². The second-order valence-electron chi connectivity index (χ2n) is 3.13. The van der Waals surface area contributed by atoms with Crippen LogP contribution in [0.1, 0.15) is 18.4 Å². The Balaban J connectivity index is 2.33. The first-order chi connectivity index (χ1) is 6.66. The van der Waals surface area contributed by atoms with Gasteiger partial charge in [0.2, 0.25) is 5.91 Å². The molecule has 0 saturated carbocycles. The van der Waals surface area contributed by atoms with E-state index < -0.39 is 0 Å². The molecule has 5 nitrogen and oxygen atoms in total. The highest BCUT2D eigenvalue weighted by Crippen LogP contribution is 2.05. The zero-order valence-electron chi connectivity index (χ0n) is 7.98. The van der Waals surface area contributed by atoms with Gasteiger partial charge in [-0.05, 0) is 19.9 Å². The molecule has 0 spiro atoms. The van der Waals surface area contributed by atoms with E-state index in [4.69, 9.17) is 0 Å². The number of amidine groups is 1. The molecule has 1 aliphatic heterocycles. The van der Waals surface area contributed by atoms with Crippen LogP contribution >= 0.6 is 0 Å². The van der Waals surface area contributed by atoms with E-state index in [0.29, 0.717) is 17.4 Å². The van der Waals surface area contributed by atoms with Crippen LogP contribution in [0.3, 0.4) is 0 Å². The van der Waals surface area contributed by atoms with Crippen molar-refractivity contribution in [3.63, 3.8) is 0 Å². The fourth-order valence-electron chi connectivity index (χ4n) is 1.22. The first-order valence-electron chi connectivity index (χ1n) is 4.35. The van der Waals surface area contributed by atoms with Crippen molar-refractivity contribution < 1.29 is 4.79 Å². The Labute approximate surface area is 81.3 Å². The van der Waals surface area contributed by atoms with Crippen LogP contribution in [0, 0.1) is 6.92 Å². The number of aliphatic imine (C=N–C) groups is 1. The predicted octanol–water partition coefficient (Wildman–Crippen LogP) is 0.0499. The first kappa shape index (κ1) is 8.80. The number of aromatic nitrogens is 2. The molecule has 1 aromatic heterocycles. The van der Waals surface area contributed by atoms with Gasteiger partial charge in [-0.15, -0.1) is 0 Å². The van der Waals surface area contributed by atoms with Gasteiger partial charge in [-0.2, -0.15) is 0 Å². The summed E-state index contributed by atoms with van der Waals surface area (Å²) in [7, 11) is 0. The standard InChI is InChI=1S/C9H10N4O/c1-5-9(14)13-8(11-5)7-3-4-10-6(2)12-7/h3-5H,1-2H3,(H,11,13,14). The van der Waals surface area contributed by atoms with Crippen molar-refractivity contribution in [2.24, 2.45) is 4.99 Å². The second kappa shape index (κ2) is 3.17. The Morgan fingerprint density at radius 2 is 2.29 bits per heavy atom. The van der Waals surface area contributed by atoms with Crippen LogP contribution in [0.5, 0.6) is 0 Å². The Hall–Kier alpha value is -1.78.